The number of fused-ring (bicyclic) bond motifs is 1. The summed E-state index contributed by atoms with van der Waals surface area (Å²) < 4.78 is 1.69. The van der Waals surface area contributed by atoms with Crippen molar-refractivity contribution in [3.8, 4) is 6.07 Å². The van der Waals surface area contributed by atoms with Gasteiger partial charge in [-0.15, -0.1) is 21.5 Å². The van der Waals surface area contributed by atoms with E-state index >= 15 is 0 Å². The van der Waals surface area contributed by atoms with E-state index in [1.54, 1.807) is 35.9 Å². The molecule has 11 heteroatoms. The largest absolute Gasteiger partial charge is 0.324 e. The molecule has 1 aliphatic rings. The fourth-order valence-electron chi connectivity index (χ4n) is 3.59. The third-order valence-electron chi connectivity index (χ3n) is 5.26. The van der Waals surface area contributed by atoms with Gasteiger partial charge in [0, 0.05) is 11.9 Å². The van der Waals surface area contributed by atoms with Crippen LogP contribution in [-0.2, 0) is 35.9 Å². The van der Waals surface area contributed by atoms with E-state index in [1.807, 2.05) is 0 Å². The molecule has 1 aromatic carbocycles. The van der Waals surface area contributed by atoms with E-state index in [1.165, 1.54) is 28.0 Å². The molecule has 8 nitrogen and oxygen atoms in total. The maximum atomic E-state index is 12.5. The predicted molar refractivity (Wildman–Crippen MR) is 130 cm³/mol. The normalized spacial score (nSPS) is 12.6. The zero-order valence-corrected chi connectivity index (χ0v) is 20.2. The summed E-state index contributed by atoms with van der Waals surface area (Å²) in [7, 11) is 1.75. The Hall–Kier alpha value is -2.87. The van der Waals surface area contributed by atoms with E-state index in [9.17, 15) is 14.9 Å². The minimum atomic E-state index is -0.265. The Labute approximate surface area is 204 Å². The molecule has 1 aliphatic carbocycles. The zero-order valence-electron chi connectivity index (χ0n) is 17.9. The number of nitriles is 1. The van der Waals surface area contributed by atoms with E-state index in [0.29, 0.717) is 32.3 Å². The van der Waals surface area contributed by atoms with Crippen molar-refractivity contribution in [3.63, 3.8) is 0 Å². The molecule has 2 amide bonds. The van der Waals surface area contributed by atoms with Crippen molar-refractivity contribution in [2.24, 2.45) is 7.05 Å². The molecule has 0 radical (unpaired) electrons. The summed E-state index contributed by atoms with van der Waals surface area (Å²) in [5.41, 5.74) is 2.22. The number of hydrogen-bond acceptors (Lipinski definition) is 7. The number of para-hydroxylation sites is 1. The van der Waals surface area contributed by atoms with Crippen LogP contribution in [0.2, 0.25) is 5.02 Å². The number of thioether (sulfide) groups is 1. The van der Waals surface area contributed by atoms with Crippen molar-refractivity contribution < 1.29 is 9.59 Å². The molecule has 2 N–H and O–H groups in total. The molecular formula is C22H21ClN6O2S2. The van der Waals surface area contributed by atoms with Crippen molar-refractivity contribution in [2.45, 2.75) is 37.3 Å². The highest BCUT2D eigenvalue weighted by Crippen LogP contribution is 2.37. The Bertz CT molecular complexity index is 1250. The van der Waals surface area contributed by atoms with Crippen LogP contribution in [0.3, 0.4) is 0 Å². The number of nitrogens with zero attached hydrogens (tertiary/aromatic N) is 4. The van der Waals surface area contributed by atoms with Crippen LogP contribution in [0.25, 0.3) is 0 Å². The van der Waals surface area contributed by atoms with Gasteiger partial charge >= 0.3 is 0 Å². The molecule has 33 heavy (non-hydrogen) atoms. The van der Waals surface area contributed by atoms with Crippen molar-refractivity contribution in [2.75, 3.05) is 16.4 Å². The number of carbonyl (C=O) groups is 2. The van der Waals surface area contributed by atoms with Crippen LogP contribution in [-0.4, -0.2) is 32.3 Å². The minimum Gasteiger partial charge on any atom is -0.324 e. The number of aromatic nitrogens is 3. The van der Waals surface area contributed by atoms with Crippen LogP contribution in [0.15, 0.2) is 29.4 Å². The number of thiophene rings is 1. The molecule has 2 heterocycles. The van der Waals surface area contributed by atoms with Gasteiger partial charge in [-0.25, -0.2) is 0 Å². The van der Waals surface area contributed by atoms with Gasteiger partial charge < -0.3 is 15.2 Å². The molecule has 0 fully saturated rings. The Morgan fingerprint density at radius 2 is 2.00 bits per heavy atom. The van der Waals surface area contributed by atoms with E-state index in [2.05, 4.69) is 26.9 Å². The Balaban J connectivity index is 1.34. The summed E-state index contributed by atoms with van der Waals surface area (Å²) in [4.78, 5) is 26.1. The van der Waals surface area contributed by atoms with Crippen LogP contribution < -0.4 is 10.6 Å². The van der Waals surface area contributed by atoms with Crippen molar-refractivity contribution in [1.29, 1.82) is 5.26 Å². The van der Waals surface area contributed by atoms with E-state index in [0.717, 1.165) is 31.2 Å². The van der Waals surface area contributed by atoms with E-state index < -0.39 is 0 Å². The maximum Gasteiger partial charge on any atom is 0.235 e. The van der Waals surface area contributed by atoms with Gasteiger partial charge in [-0.3, -0.25) is 9.59 Å². The highest BCUT2D eigenvalue weighted by Gasteiger charge is 2.22. The lowest BCUT2D eigenvalue weighted by atomic mass is 9.96. The highest BCUT2D eigenvalue weighted by atomic mass is 35.5. The first-order chi connectivity index (χ1) is 16.0. The van der Waals surface area contributed by atoms with Crippen LogP contribution in [0.1, 0.15) is 34.7 Å². The van der Waals surface area contributed by atoms with Gasteiger partial charge in [0.25, 0.3) is 0 Å². The topological polar surface area (TPSA) is 113 Å². The average Bonchev–Trinajstić information content (AvgIpc) is 3.33. The summed E-state index contributed by atoms with van der Waals surface area (Å²) in [6.45, 7) is 0. The quantitative estimate of drug-likeness (QED) is 0.470. The van der Waals surface area contributed by atoms with Gasteiger partial charge in [-0.2, -0.15) is 5.26 Å². The lowest BCUT2D eigenvalue weighted by molar-refractivity contribution is -0.116. The first-order valence-corrected chi connectivity index (χ1v) is 12.5. The monoisotopic (exact) mass is 500 g/mol. The second-order valence-corrected chi connectivity index (χ2v) is 9.98. The van der Waals surface area contributed by atoms with Crippen molar-refractivity contribution >= 4 is 57.2 Å². The number of carbonyl (C=O) groups excluding carboxylic acids is 2. The van der Waals surface area contributed by atoms with Crippen LogP contribution in [0, 0.1) is 11.3 Å². The molecule has 0 bridgehead atoms. The number of hydrogen-bond donors (Lipinski definition) is 2. The fourth-order valence-corrected chi connectivity index (χ4v) is 5.76. The Kier molecular flexibility index (Phi) is 7.33. The highest BCUT2D eigenvalue weighted by molar-refractivity contribution is 7.99. The molecule has 170 valence electrons. The standard InChI is InChI=1S/C22H21ClN6O2S2/c1-29-18(10-19(30)25-16-8-4-3-7-15(16)23)27-28-22(29)32-12-20(31)26-21-14(11-24)13-6-2-5-9-17(13)33-21/h3-4,7-8H,2,5-6,9-10,12H2,1H3,(H,25,30)(H,26,31). The summed E-state index contributed by atoms with van der Waals surface area (Å²) in [6, 6.07) is 9.24. The smallest absolute Gasteiger partial charge is 0.235 e. The zero-order chi connectivity index (χ0) is 23.4. The van der Waals surface area contributed by atoms with Crippen LogP contribution in [0.5, 0.6) is 0 Å². The van der Waals surface area contributed by atoms with Crippen LogP contribution >= 0.6 is 34.7 Å². The molecule has 0 saturated carbocycles. The second kappa shape index (κ2) is 10.4. The van der Waals surface area contributed by atoms with Gasteiger partial charge in [-0.05, 0) is 43.4 Å². The number of benzene rings is 1. The minimum absolute atomic E-state index is 0.0216. The van der Waals surface area contributed by atoms with E-state index in [4.69, 9.17) is 11.6 Å². The third-order valence-corrected chi connectivity index (χ3v) is 7.82. The van der Waals surface area contributed by atoms with Crippen molar-refractivity contribution in [3.05, 3.63) is 51.1 Å². The number of halogens is 1. The van der Waals surface area contributed by atoms with Gasteiger partial charge in [0.2, 0.25) is 11.8 Å². The molecule has 0 aliphatic heterocycles. The van der Waals surface area contributed by atoms with Crippen LogP contribution in [0.4, 0.5) is 10.7 Å². The fraction of sp³-hybridized carbons (Fsp3) is 0.318. The second-order valence-electron chi connectivity index (χ2n) is 7.53. The van der Waals surface area contributed by atoms with Gasteiger partial charge in [0.05, 0.1) is 28.4 Å². The Morgan fingerprint density at radius 3 is 2.79 bits per heavy atom. The third kappa shape index (κ3) is 5.38. The molecule has 0 atom stereocenters. The summed E-state index contributed by atoms with van der Waals surface area (Å²) in [5, 5.41) is 25.0. The number of rotatable bonds is 7. The molecule has 0 spiro atoms. The summed E-state index contributed by atoms with van der Waals surface area (Å²) in [6.07, 6.45) is 4.07. The summed E-state index contributed by atoms with van der Waals surface area (Å²) in [5.74, 6) is 0.112. The number of aryl methyl sites for hydroxylation is 1. The number of anilines is 2. The molecule has 0 saturated heterocycles. The molecule has 2 aromatic heterocycles. The van der Waals surface area contributed by atoms with E-state index in [-0.39, 0.29) is 24.0 Å². The molecular weight excluding hydrogens is 480 g/mol. The first-order valence-electron chi connectivity index (χ1n) is 10.4. The first kappa shape index (κ1) is 23.3. The van der Waals surface area contributed by atoms with Gasteiger partial charge in [0.1, 0.15) is 16.9 Å². The number of amides is 2. The molecule has 4 rings (SSSR count). The predicted octanol–water partition coefficient (Wildman–Crippen LogP) is 4.19. The average molecular weight is 501 g/mol. The Morgan fingerprint density at radius 1 is 1.21 bits per heavy atom. The number of nitrogens with one attached hydrogen (secondary N) is 2. The lowest BCUT2D eigenvalue weighted by Crippen LogP contribution is -2.17. The molecule has 3 aromatic rings. The van der Waals surface area contributed by atoms with Gasteiger partial charge in [0.15, 0.2) is 5.16 Å². The van der Waals surface area contributed by atoms with Crippen molar-refractivity contribution in [1.82, 2.24) is 14.8 Å². The SMILES string of the molecule is Cn1c(CC(=O)Nc2ccccc2Cl)nnc1SCC(=O)Nc1sc2c(c1C#N)CCCC2. The maximum absolute atomic E-state index is 12.5. The summed E-state index contributed by atoms with van der Waals surface area (Å²) >= 11 is 8.80. The lowest BCUT2D eigenvalue weighted by Gasteiger charge is -2.09. The van der Waals surface area contributed by atoms with Gasteiger partial charge in [-0.1, -0.05) is 35.5 Å². The molecule has 0 unspecified atom stereocenters.